The van der Waals surface area contributed by atoms with Gasteiger partial charge in [-0.05, 0) is 49.8 Å². The summed E-state index contributed by atoms with van der Waals surface area (Å²) in [5.41, 5.74) is 2.33. The quantitative estimate of drug-likeness (QED) is 0.649. The molecule has 0 fully saturated rings. The number of aryl methyl sites for hydroxylation is 2. The Hall–Kier alpha value is -3.03. The van der Waals surface area contributed by atoms with E-state index in [2.05, 4.69) is 10.4 Å². The number of amides is 1. The monoisotopic (exact) mass is 429 g/mol. The minimum Gasteiger partial charge on any atom is -0.493 e. The lowest BCUT2D eigenvalue weighted by Crippen LogP contribution is -2.40. The van der Waals surface area contributed by atoms with Crippen LogP contribution in [0.25, 0.3) is 0 Å². The lowest BCUT2D eigenvalue weighted by atomic mass is 10.1. The van der Waals surface area contributed by atoms with E-state index in [9.17, 15) is 9.59 Å². The van der Waals surface area contributed by atoms with Crippen LogP contribution in [0, 0.1) is 0 Å². The van der Waals surface area contributed by atoms with Crippen LogP contribution >= 0.6 is 0 Å². The Kier molecular flexibility index (Phi) is 7.55. The molecule has 1 aromatic heterocycles. The predicted octanol–water partition coefficient (Wildman–Crippen LogP) is 2.75. The van der Waals surface area contributed by atoms with E-state index in [1.165, 1.54) is 26.0 Å². The Morgan fingerprint density at radius 3 is 2.35 bits per heavy atom. The molecule has 1 amide bonds. The molecule has 168 valence electrons. The van der Waals surface area contributed by atoms with Crippen LogP contribution < -0.4 is 25.1 Å². The molecule has 0 saturated carbocycles. The van der Waals surface area contributed by atoms with Crippen molar-refractivity contribution in [3.63, 3.8) is 0 Å². The van der Waals surface area contributed by atoms with Crippen LogP contribution in [0.4, 0.5) is 0 Å². The minimum atomic E-state index is -0.283. The number of hydrogen-bond acceptors (Lipinski definition) is 6. The summed E-state index contributed by atoms with van der Waals surface area (Å²) in [6.07, 6.45) is 5.81. The van der Waals surface area contributed by atoms with Gasteiger partial charge in [-0.15, -0.1) is 0 Å². The van der Waals surface area contributed by atoms with Gasteiger partial charge in [-0.3, -0.25) is 9.59 Å². The number of benzene rings is 1. The fraction of sp³-hybridized carbons (Fsp3) is 0.522. The predicted molar refractivity (Wildman–Crippen MR) is 117 cm³/mol. The summed E-state index contributed by atoms with van der Waals surface area (Å²) in [7, 11) is 4.52. The van der Waals surface area contributed by atoms with Gasteiger partial charge in [-0.1, -0.05) is 13.3 Å². The van der Waals surface area contributed by atoms with Crippen LogP contribution in [0.3, 0.4) is 0 Å². The minimum absolute atomic E-state index is 0.124. The maximum atomic E-state index is 12.9. The summed E-state index contributed by atoms with van der Waals surface area (Å²) in [6, 6.07) is 4.68. The molecule has 1 heterocycles. The van der Waals surface area contributed by atoms with Crippen molar-refractivity contribution in [3.05, 3.63) is 45.4 Å². The van der Waals surface area contributed by atoms with E-state index >= 15 is 0 Å². The zero-order valence-corrected chi connectivity index (χ0v) is 18.7. The summed E-state index contributed by atoms with van der Waals surface area (Å²) in [5.74, 6) is 0.954. The summed E-state index contributed by atoms with van der Waals surface area (Å²) in [4.78, 5) is 25.5. The Balaban J connectivity index is 1.80. The van der Waals surface area contributed by atoms with Gasteiger partial charge in [-0.2, -0.15) is 5.10 Å². The molecule has 0 saturated heterocycles. The van der Waals surface area contributed by atoms with Gasteiger partial charge in [0, 0.05) is 17.7 Å². The van der Waals surface area contributed by atoms with E-state index in [-0.39, 0.29) is 17.5 Å². The maximum Gasteiger partial charge on any atom is 0.267 e. The molecular weight excluding hydrogens is 398 g/mol. The normalized spacial score (nSPS) is 14.2. The first-order chi connectivity index (χ1) is 15.0. The van der Waals surface area contributed by atoms with Crippen molar-refractivity contribution in [2.75, 3.05) is 21.3 Å². The van der Waals surface area contributed by atoms with Crippen molar-refractivity contribution in [1.29, 1.82) is 0 Å². The van der Waals surface area contributed by atoms with Crippen molar-refractivity contribution >= 4 is 5.91 Å². The van der Waals surface area contributed by atoms with Crippen molar-refractivity contribution in [2.24, 2.45) is 0 Å². The van der Waals surface area contributed by atoms with Gasteiger partial charge in [0.15, 0.2) is 11.5 Å². The molecule has 1 N–H and O–H groups in total. The van der Waals surface area contributed by atoms with Gasteiger partial charge in [0.1, 0.15) is 0 Å². The number of fused-ring (bicyclic) bond motifs is 1. The zero-order chi connectivity index (χ0) is 22.4. The van der Waals surface area contributed by atoms with Gasteiger partial charge in [0.05, 0.1) is 33.6 Å². The van der Waals surface area contributed by atoms with E-state index in [4.69, 9.17) is 14.2 Å². The second kappa shape index (κ2) is 10.3. The fourth-order valence-electron chi connectivity index (χ4n) is 3.88. The highest BCUT2D eigenvalue weighted by Crippen LogP contribution is 2.38. The molecule has 8 heteroatoms. The number of methoxy groups -OCH3 is 3. The van der Waals surface area contributed by atoms with Gasteiger partial charge in [0.25, 0.3) is 11.5 Å². The molecule has 8 nitrogen and oxygen atoms in total. The van der Waals surface area contributed by atoms with Crippen molar-refractivity contribution < 1.29 is 19.0 Å². The van der Waals surface area contributed by atoms with E-state index in [0.717, 1.165) is 43.4 Å². The summed E-state index contributed by atoms with van der Waals surface area (Å²) in [5, 5.41) is 7.61. The van der Waals surface area contributed by atoms with Crippen LogP contribution in [-0.2, 0) is 19.4 Å². The third-order valence-electron chi connectivity index (χ3n) is 5.67. The smallest absolute Gasteiger partial charge is 0.267 e. The molecule has 1 aliphatic rings. The van der Waals surface area contributed by atoms with E-state index in [0.29, 0.717) is 35.8 Å². The number of hydrogen-bond donors (Lipinski definition) is 1. The molecule has 1 aromatic carbocycles. The first-order valence-electron chi connectivity index (χ1n) is 10.7. The molecule has 0 spiro atoms. The Morgan fingerprint density at radius 1 is 1.06 bits per heavy atom. The van der Waals surface area contributed by atoms with Crippen molar-refractivity contribution in [2.45, 2.75) is 58.0 Å². The maximum absolute atomic E-state index is 12.9. The number of nitrogens with zero attached hydrogens (tertiary/aromatic N) is 2. The highest BCUT2D eigenvalue weighted by Gasteiger charge is 2.20. The molecule has 0 bridgehead atoms. The number of rotatable bonds is 8. The first kappa shape index (κ1) is 22.7. The zero-order valence-electron chi connectivity index (χ0n) is 18.7. The fourth-order valence-corrected chi connectivity index (χ4v) is 3.88. The molecule has 0 aliphatic heterocycles. The van der Waals surface area contributed by atoms with Crippen LogP contribution in [-0.4, -0.2) is 43.1 Å². The highest BCUT2D eigenvalue weighted by molar-refractivity contribution is 5.95. The molecule has 0 radical (unpaired) electrons. The van der Waals surface area contributed by atoms with E-state index < -0.39 is 0 Å². The molecule has 2 aromatic rings. The molecule has 3 rings (SSSR count). The third-order valence-corrected chi connectivity index (χ3v) is 5.67. The van der Waals surface area contributed by atoms with Crippen LogP contribution in [0.5, 0.6) is 17.2 Å². The third kappa shape index (κ3) is 5.18. The summed E-state index contributed by atoms with van der Waals surface area (Å²) in [6.45, 7) is 2.29. The van der Waals surface area contributed by atoms with Crippen LogP contribution in [0.1, 0.15) is 54.2 Å². The van der Waals surface area contributed by atoms with Gasteiger partial charge in [0.2, 0.25) is 5.75 Å². The molecule has 0 unspecified atom stereocenters. The lowest BCUT2D eigenvalue weighted by Gasteiger charge is -2.19. The van der Waals surface area contributed by atoms with Gasteiger partial charge in [-0.25, -0.2) is 4.68 Å². The number of ether oxygens (including phenoxy) is 3. The number of carbonyl (C=O) groups is 1. The molecule has 1 atom stereocenters. The molecular formula is C23H31N3O5. The Bertz CT molecular complexity index is 961. The van der Waals surface area contributed by atoms with Gasteiger partial charge >= 0.3 is 0 Å². The van der Waals surface area contributed by atoms with Crippen LogP contribution in [0.2, 0.25) is 0 Å². The van der Waals surface area contributed by atoms with Crippen molar-refractivity contribution in [1.82, 2.24) is 15.1 Å². The van der Waals surface area contributed by atoms with Crippen molar-refractivity contribution in [3.8, 4) is 17.2 Å². The highest BCUT2D eigenvalue weighted by atomic mass is 16.5. The standard InChI is InChI=1S/C23H31N3O5/c1-5-17(14-26-21(27)13-15-9-7-6-8-10-18(15)25-26)24-23(28)16-11-19(29-2)22(31-4)20(12-16)30-3/h11-13,17H,5-10,14H2,1-4H3,(H,24,28)/t17-/m0/s1. The average Bonchev–Trinajstić information content (AvgIpc) is 3.02. The van der Waals surface area contributed by atoms with E-state index in [1.54, 1.807) is 18.2 Å². The topological polar surface area (TPSA) is 91.7 Å². The lowest BCUT2D eigenvalue weighted by molar-refractivity contribution is 0.0929. The number of nitrogens with one attached hydrogen (secondary N) is 1. The SMILES string of the molecule is CC[C@@H](Cn1nc2c(cc1=O)CCCCC2)NC(=O)c1cc(OC)c(OC)c(OC)c1. The Morgan fingerprint density at radius 2 is 1.74 bits per heavy atom. The van der Waals surface area contributed by atoms with Crippen LogP contribution in [0.15, 0.2) is 23.0 Å². The number of carbonyl (C=O) groups excluding carboxylic acids is 1. The summed E-state index contributed by atoms with van der Waals surface area (Å²) < 4.78 is 17.5. The van der Waals surface area contributed by atoms with E-state index in [1.807, 2.05) is 6.92 Å². The van der Waals surface area contributed by atoms with Gasteiger partial charge < -0.3 is 19.5 Å². The number of aromatic nitrogens is 2. The summed E-state index contributed by atoms with van der Waals surface area (Å²) >= 11 is 0. The Labute approximate surface area is 182 Å². The average molecular weight is 430 g/mol. The second-order valence-electron chi connectivity index (χ2n) is 7.69. The second-order valence-corrected chi connectivity index (χ2v) is 7.69. The molecule has 1 aliphatic carbocycles. The largest absolute Gasteiger partial charge is 0.493 e. The molecule has 31 heavy (non-hydrogen) atoms. The first-order valence-corrected chi connectivity index (χ1v) is 10.7.